The van der Waals surface area contributed by atoms with Crippen LogP contribution < -0.4 is 0 Å². The van der Waals surface area contributed by atoms with Crippen molar-refractivity contribution in [2.75, 3.05) is 0 Å². The molecule has 4 rings (SSSR count). The molecule has 0 N–H and O–H groups in total. The molecule has 148 valence electrons. The highest BCUT2D eigenvalue weighted by atomic mass is 19.1. The summed E-state index contributed by atoms with van der Waals surface area (Å²) in [6.07, 6.45) is 5.08. The van der Waals surface area contributed by atoms with Crippen LogP contribution in [0.2, 0.25) is 0 Å². The molecule has 1 heteroatoms. The van der Waals surface area contributed by atoms with Crippen LogP contribution >= 0.6 is 0 Å². The largest absolute Gasteiger partial charge is 0.207 e. The number of hydrogen-bond acceptors (Lipinski definition) is 0. The Morgan fingerprint density at radius 2 is 1.13 bits per heavy atom. The number of halogens is 1. The van der Waals surface area contributed by atoms with E-state index in [-0.39, 0.29) is 5.82 Å². The molecule has 0 amide bonds. The van der Waals surface area contributed by atoms with E-state index in [1.807, 2.05) is 12.2 Å². The molecule has 0 aromatic heterocycles. The molecule has 0 saturated heterocycles. The van der Waals surface area contributed by atoms with Gasteiger partial charge in [0.05, 0.1) is 0 Å². The highest BCUT2D eigenvalue weighted by molar-refractivity contribution is 5.72. The first-order chi connectivity index (χ1) is 14.7. The van der Waals surface area contributed by atoms with Crippen molar-refractivity contribution >= 4 is 12.2 Å². The maximum Gasteiger partial charge on any atom is 0.123 e. The van der Waals surface area contributed by atoms with Gasteiger partial charge in [-0.3, -0.25) is 0 Å². The zero-order valence-electron chi connectivity index (χ0n) is 17.1. The minimum Gasteiger partial charge on any atom is -0.207 e. The van der Waals surface area contributed by atoms with Crippen molar-refractivity contribution in [3.63, 3.8) is 0 Å². The van der Waals surface area contributed by atoms with E-state index in [4.69, 9.17) is 0 Å². The van der Waals surface area contributed by atoms with Crippen molar-refractivity contribution in [2.45, 2.75) is 19.3 Å². The molecule has 0 nitrogen and oxygen atoms in total. The fraction of sp³-hybridized carbons (Fsp3) is 0.103. The van der Waals surface area contributed by atoms with Crippen molar-refractivity contribution in [2.24, 2.45) is 0 Å². The van der Waals surface area contributed by atoms with E-state index in [0.717, 1.165) is 17.5 Å². The van der Waals surface area contributed by atoms with Crippen molar-refractivity contribution in [3.05, 3.63) is 131 Å². The Bertz CT molecular complexity index is 1090. The lowest BCUT2D eigenvalue weighted by Crippen LogP contribution is -1.98. The highest BCUT2D eigenvalue weighted by Crippen LogP contribution is 2.24. The van der Waals surface area contributed by atoms with Crippen molar-refractivity contribution < 1.29 is 4.39 Å². The van der Waals surface area contributed by atoms with Gasteiger partial charge < -0.3 is 0 Å². The van der Waals surface area contributed by atoms with Crippen LogP contribution in [0.15, 0.2) is 103 Å². The van der Waals surface area contributed by atoms with Gasteiger partial charge in [-0.05, 0) is 57.9 Å². The Labute approximate surface area is 178 Å². The second kappa shape index (κ2) is 9.37. The van der Waals surface area contributed by atoms with Gasteiger partial charge in [0.15, 0.2) is 0 Å². The third kappa shape index (κ3) is 5.12. The minimum atomic E-state index is -0.211. The molecule has 0 bridgehead atoms. The van der Waals surface area contributed by atoms with E-state index >= 15 is 0 Å². The molecule has 1 unspecified atom stereocenters. The molecule has 0 aliphatic rings. The van der Waals surface area contributed by atoms with Crippen molar-refractivity contribution in [1.29, 1.82) is 0 Å². The summed E-state index contributed by atoms with van der Waals surface area (Å²) in [5.41, 5.74) is 7.27. The molecule has 1 atom stereocenters. The molecule has 0 aliphatic carbocycles. The topological polar surface area (TPSA) is 0 Å². The quantitative estimate of drug-likeness (QED) is 0.292. The Morgan fingerprint density at radius 1 is 0.633 bits per heavy atom. The molecule has 0 radical (unpaired) electrons. The molecule has 0 saturated carbocycles. The number of rotatable bonds is 6. The van der Waals surface area contributed by atoms with E-state index in [1.54, 1.807) is 12.1 Å². The lowest BCUT2D eigenvalue weighted by molar-refractivity contribution is 0.628. The van der Waals surface area contributed by atoms with Crippen LogP contribution in [-0.2, 0) is 6.42 Å². The Hall–Kier alpha value is -3.45. The van der Waals surface area contributed by atoms with Gasteiger partial charge >= 0.3 is 0 Å². The van der Waals surface area contributed by atoms with Gasteiger partial charge in [-0.25, -0.2) is 4.39 Å². The first kappa shape index (κ1) is 19.8. The van der Waals surface area contributed by atoms with Gasteiger partial charge in [0.25, 0.3) is 0 Å². The van der Waals surface area contributed by atoms with E-state index in [2.05, 4.69) is 85.8 Å². The lowest BCUT2D eigenvalue weighted by Gasteiger charge is -2.12. The number of benzene rings is 4. The fourth-order valence-corrected chi connectivity index (χ4v) is 3.64. The van der Waals surface area contributed by atoms with Gasteiger partial charge in [0.1, 0.15) is 5.82 Å². The monoisotopic (exact) mass is 392 g/mol. The summed E-state index contributed by atoms with van der Waals surface area (Å²) in [5, 5.41) is 0. The third-order valence-corrected chi connectivity index (χ3v) is 5.45. The maximum atomic E-state index is 13.0. The third-order valence-electron chi connectivity index (χ3n) is 5.45. The molecular weight excluding hydrogens is 367 g/mol. The molecular formula is C29H25F. The highest BCUT2D eigenvalue weighted by Gasteiger charge is 2.06. The zero-order valence-corrected chi connectivity index (χ0v) is 17.1. The van der Waals surface area contributed by atoms with Crippen LogP contribution in [0, 0.1) is 5.82 Å². The van der Waals surface area contributed by atoms with Crippen LogP contribution in [0.1, 0.15) is 35.1 Å². The molecule has 30 heavy (non-hydrogen) atoms. The SMILES string of the molecule is CC(Cc1ccc(-c2ccc(/C=C/c3ccc(F)cc3)cc2)cc1)c1ccccc1. The Kier molecular flexibility index (Phi) is 6.20. The average Bonchev–Trinajstić information content (AvgIpc) is 2.80. The van der Waals surface area contributed by atoms with E-state index in [1.165, 1.54) is 34.4 Å². The summed E-state index contributed by atoms with van der Waals surface area (Å²) in [7, 11) is 0. The molecule has 4 aromatic carbocycles. The summed E-state index contributed by atoms with van der Waals surface area (Å²) in [5.74, 6) is 0.293. The van der Waals surface area contributed by atoms with E-state index in [9.17, 15) is 4.39 Å². The normalized spacial score (nSPS) is 12.2. The van der Waals surface area contributed by atoms with Gasteiger partial charge in [-0.2, -0.15) is 0 Å². The lowest BCUT2D eigenvalue weighted by atomic mass is 9.93. The first-order valence-corrected chi connectivity index (χ1v) is 10.4. The number of hydrogen-bond donors (Lipinski definition) is 0. The molecule has 0 heterocycles. The first-order valence-electron chi connectivity index (χ1n) is 10.4. The zero-order chi connectivity index (χ0) is 20.8. The molecule has 0 fully saturated rings. The molecule has 0 spiro atoms. The van der Waals surface area contributed by atoms with Crippen molar-refractivity contribution in [3.8, 4) is 11.1 Å². The van der Waals surface area contributed by atoms with E-state index < -0.39 is 0 Å². The van der Waals surface area contributed by atoms with Crippen LogP contribution in [-0.4, -0.2) is 0 Å². The Balaban J connectivity index is 1.41. The van der Waals surface area contributed by atoms with Crippen LogP contribution in [0.3, 0.4) is 0 Å². The standard InChI is InChI=1S/C29H25F/c1-22(26-5-3-2-4-6-26)21-25-11-17-28(18-12-25)27-15-9-23(10-16-27)7-8-24-13-19-29(30)20-14-24/h2-20,22H,21H2,1H3/b8-7+. The smallest absolute Gasteiger partial charge is 0.123 e. The summed E-state index contributed by atoms with van der Waals surface area (Å²) in [6.45, 7) is 2.28. The summed E-state index contributed by atoms with van der Waals surface area (Å²) in [6, 6.07) is 34.6. The van der Waals surface area contributed by atoms with E-state index in [0.29, 0.717) is 5.92 Å². The maximum absolute atomic E-state index is 13.0. The summed E-state index contributed by atoms with van der Waals surface area (Å²) >= 11 is 0. The second-order valence-corrected chi connectivity index (χ2v) is 7.72. The summed E-state index contributed by atoms with van der Waals surface area (Å²) < 4.78 is 13.0. The minimum absolute atomic E-state index is 0.211. The van der Waals surface area contributed by atoms with Crippen LogP contribution in [0.4, 0.5) is 4.39 Å². The van der Waals surface area contributed by atoms with Crippen molar-refractivity contribution in [1.82, 2.24) is 0 Å². The predicted octanol–water partition coefficient (Wildman–Crippen LogP) is 8.01. The second-order valence-electron chi connectivity index (χ2n) is 7.72. The van der Waals surface area contributed by atoms with Gasteiger partial charge in [0, 0.05) is 0 Å². The predicted molar refractivity (Wildman–Crippen MR) is 126 cm³/mol. The van der Waals surface area contributed by atoms with Gasteiger partial charge in [-0.1, -0.05) is 110 Å². The van der Waals surface area contributed by atoms with Crippen LogP contribution in [0.25, 0.3) is 23.3 Å². The van der Waals surface area contributed by atoms with Gasteiger partial charge in [0.2, 0.25) is 0 Å². The average molecular weight is 393 g/mol. The fourth-order valence-electron chi connectivity index (χ4n) is 3.64. The Morgan fingerprint density at radius 3 is 1.70 bits per heavy atom. The van der Waals surface area contributed by atoms with Gasteiger partial charge in [-0.15, -0.1) is 0 Å². The molecule has 0 aliphatic heterocycles. The van der Waals surface area contributed by atoms with Crippen LogP contribution in [0.5, 0.6) is 0 Å². The molecule has 4 aromatic rings. The summed E-state index contributed by atoms with van der Waals surface area (Å²) in [4.78, 5) is 0.